The summed E-state index contributed by atoms with van der Waals surface area (Å²) in [5.41, 5.74) is 1.24. The Morgan fingerprint density at radius 1 is 1.28 bits per heavy atom. The highest BCUT2D eigenvalue weighted by Gasteiger charge is 2.49. The molecule has 2 saturated heterocycles. The number of ether oxygens (including phenoxy) is 1. The summed E-state index contributed by atoms with van der Waals surface area (Å²) in [5.74, 6) is -0.319. The summed E-state index contributed by atoms with van der Waals surface area (Å²) in [6, 6.07) is 11.5. The topological polar surface area (TPSA) is 93.5 Å². The summed E-state index contributed by atoms with van der Waals surface area (Å²) in [6.07, 6.45) is 0.188. The lowest BCUT2D eigenvalue weighted by atomic mass is 9.77. The number of aromatic nitrogens is 2. The molecule has 2 aliphatic heterocycles. The maximum absolute atomic E-state index is 12.9. The van der Waals surface area contributed by atoms with Gasteiger partial charge in [-0.2, -0.15) is 4.98 Å². The Kier molecular flexibility index (Phi) is 4.96. The molecule has 0 unspecified atom stereocenters. The van der Waals surface area contributed by atoms with E-state index in [1.807, 2.05) is 30.3 Å². The molecule has 152 valence electrons. The third kappa shape index (κ3) is 3.55. The number of nitrogens with zero attached hydrogens (tertiary/aromatic N) is 3. The molecule has 0 spiro atoms. The number of amides is 2. The smallest absolute Gasteiger partial charge is 0.348 e. The molecular formula is C21H24N4O4. The predicted molar refractivity (Wildman–Crippen MR) is 105 cm³/mol. The van der Waals surface area contributed by atoms with Crippen LogP contribution in [0.25, 0.3) is 0 Å². The second-order valence-electron chi connectivity index (χ2n) is 7.68. The average Bonchev–Trinajstić information content (AvgIpc) is 2.70. The Hall–Kier alpha value is -3.00. The summed E-state index contributed by atoms with van der Waals surface area (Å²) in [6.45, 7) is 4.27. The maximum atomic E-state index is 12.9. The van der Waals surface area contributed by atoms with Crippen molar-refractivity contribution >= 4 is 11.8 Å². The van der Waals surface area contributed by atoms with Crippen molar-refractivity contribution in [3.05, 3.63) is 63.8 Å². The standard InChI is InChI=1S/C21H24N4O4/c1-14-10-15(2)25(20(28)22-14)12-19(27)24-9-8-21(16-6-4-3-5-7-16)17(11-24)29-13-18(26)23-21/h3-7,10,17H,8-9,11-13H2,1-2H3,(H,23,26)/t17-,21+/m1/s1. The number of carbonyl (C=O) groups excluding carboxylic acids is 2. The van der Waals surface area contributed by atoms with Gasteiger partial charge in [0, 0.05) is 24.5 Å². The van der Waals surface area contributed by atoms with Gasteiger partial charge in [-0.15, -0.1) is 0 Å². The molecule has 3 heterocycles. The highest BCUT2D eigenvalue weighted by molar-refractivity contribution is 5.80. The fraction of sp³-hybridized carbons (Fsp3) is 0.429. The Morgan fingerprint density at radius 3 is 2.76 bits per heavy atom. The molecule has 2 amide bonds. The Morgan fingerprint density at radius 2 is 2.03 bits per heavy atom. The van der Waals surface area contributed by atoms with Crippen LogP contribution in [0.15, 0.2) is 41.2 Å². The first-order chi connectivity index (χ1) is 13.9. The monoisotopic (exact) mass is 396 g/mol. The largest absolute Gasteiger partial charge is 0.364 e. The number of piperidine rings is 1. The number of hydrogen-bond donors (Lipinski definition) is 1. The van der Waals surface area contributed by atoms with Crippen LogP contribution in [0.1, 0.15) is 23.4 Å². The summed E-state index contributed by atoms with van der Waals surface area (Å²) >= 11 is 0. The molecule has 0 aliphatic carbocycles. The van der Waals surface area contributed by atoms with E-state index in [2.05, 4.69) is 10.3 Å². The molecule has 1 aromatic heterocycles. The van der Waals surface area contributed by atoms with Gasteiger partial charge in [0.25, 0.3) is 0 Å². The van der Waals surface area contributed by atoms with Crippen molar-refractivity contribution in [1.82, 2.24) is 19.8 Å². The van der Waals surface area contributed by atoms with Crippen LogP contribution in [0.4, 0.5) is 0 Å². The number of hydrogen-bond acceptors (Lipinski definition) is 5. The molecule has 4 rings (SSSR count). The van der Waals surface area contributed by atoms with E-state index in [9.17, 15) is 14.4 Å². The minimum absolute atomic E-state index is 0.0261. The van der Waals surface area contributed by atoms with Crippen molar-refractivity contribution in [3.63, 3.8) is 0 Å². The van der Waals surface area contributed by atoms with Gasteiger partial charge in [-0.05, 0) is 31.9 Å². The van der Waals surface area contributed by atoms with Crippen molar-refractivity contribution < 1.29 is 14.3 Å². The first kappa shape index (κ1) is 19.3. The molecule has 1 aromatic carbocycles. The maximum Gasteiger partial charge on any atom is 0.348 e. The number of fused-ring (bicyclic) bond motifs is 1. The fourth-order valence-electron chi connectivity index (χ4n) is 4.29. The Balaban J connectivity index is 1.56. The van der Waals surface area contributed by atoms with E-state index in [1.54, 1.807) is 24.8 Å². The highest BCUT2D eigenvalue weighted by Crippen LogP contribution is 2.37. The lowest BCUT2D eigenvalue weighted by Crippen LogP contribution is -2.67. The van der Waals surface area contributed by atoms with Crippen molar-refractivity contribution in [2.45, 2.75) is 38.5 Å². The minimum Gasteiger partial charge on any atom is -0.364 e. The van der Waals surface area contributed by atoms with Crippen LogP contribution in [0.5, 0.6) is 0 Å². The normalized spacial score (nSPS) is 24.0. The van der Waals surface area contributed by atoms with Crippen molar-refractivity contribution in [1.29, 1.82) is 0 Å². The quantitative estimate of drug-likeness (QED) is 0.816. The van der Waals surface area contributed by atoms with Crippen LogP contribution >= 0.6 is 0 Å². The number of benzene rings is 1. The van der Waals surface area contributed by atoms with Gasteiger partial charge < -0.3 is 15.0 Å². The molecule has 2 aliphatic rings. The molecule has 2 atom stereocenters. The van der Waals surface area contributed by atoms with E-state index >= 15 is 0 Å². The second kappa shape index (κ2) is 7.44. The molecule has 0 bridgehead atoms. The summed E-state index contributed by atoms with van der Waals surface area (Å²) in [5, 5.41) is 3.11. The molecule has 8 heteroatoms. The molecule has 0 radical (unpaired) electrons. The number of carbonyl (C=O) groups is 2. The first-order valence-electron chi connectivity index (χ1n) is 9.70. The number of morpholine rings is 1. The molecule has 1 N–H and O–H groups in total. The zero-order valence-corrected chi connectivity index (χ0v) is 16.6. The lowest BCUT2D eigenvalue weighted by molar-refractivity contribution is -0.157. The van der Waals surface area contributed by atoms with E-state index in [0.717, 1.165) is 5.56 Å². The van der Waals surface area contributed by atoms with Crippen LogP contribution in [0.2, 0.25) is 0 Å². The summed E-state index contributed by atoms with van der Waals surface area (Å²) in [4.78, 5) is 42.8. The van der Waals surface area contributed by atoms with Gasteiger partial charge in [0.05, 0.1) is 5.54 Å². The number of rotatable bonds is 3. The van der Waals surface area contributed by atoms with E-state index < -0.39 is 11.2 Å². The Labute approximate surface area is 168 Å². The predicted octanol–water partition coefficient (Wildman–Crippen LogP) is 0.503. The molecular weight excluding hydrogens is 372 g/mol. The van der Waals surface area contributed by atoms with Gasteiger partial charge in [0.2, 0.25) is 11.8 Å². The fourth-order valence-corrected chi connectivity index (χ4v) is 4.29. The van der Waals surface area contributed by atoms with Crippen LogP contribution in [-0.4, -0.2) is 52.1 Å². The zero-order valence-electron chi connectivity index (χ0n) is 16.6. The molecule has 29 heavy (non-hydrogen) atoms. The molecule has 0 saturated carbocycles. The average molecular weight is 396 g/mol. The third-order valence-electron chi connectivity index (χ3n) is 5.77. The molecule has 8 nitrogen and oxygen atoms in total. The first-order valence-corrected chi connectivity index (χ1v) is 9.70. The van der Waals surface area contributed by atoms with Crippen molar-refractivity contribution in [3.8, 4) is 0 Å². The van der Waals surface area contributed by atoms with Gasteiger partial charge in [-0.25, -0.2) is 4.79 Å². The van der Waals surface area contributed by atoms with Gasteiger partial charge in [-0.1, -0.05) is 30.3 Å². The van der Waals surface area contributed by atoms with Gasteiger partial charge >= 0.3 is 5.69 Å². The van der Waals surface area contributed by atoms with E-state index in [4.69, 9.17) is 4.74 Å². The van der Waals surface area contributed by atoms with Crippen LogP contribution in [-0.2, 0) is 26.4 Å². The Bertz CT molecular complexity index is 1000. The van der Waals surface area contributed by atoms with Crippen LogP contribution in [0.3, 0.4) is 0 Å². The second-order valence-corrected chi connectivity index (χ2v) is 7.68. The minimum atomic E-state index is -0.647. The SMILES string of the molecule is Cc1cc(C)n(CC(=O)N2CC[C@@]3(c4ccccc4)NC(=O)CO[C@@H]3C2)c(=O)n1. The van der Waals surface area contributed by atoms with E-state index in [1.165, 1.54) is 4.57 Å². The van der Waals surface area contributed by atoms with Gasteiger partial charge in [0.15, 0.2) is 0 Å². The lowest BCUT2D eigenvalue weighted by Gasteiger charge is -2.50. The van der Waals surface area contributed by atoms with Crippen molar-refractivity contribution in [2.75, 3.05) is 19.7 Å². The number of likely N-dealkylation sites (tertiary alicyclic amines) is 1. The summed E-state index contributed by atoms with van der Waals surface area (Å²) < 4.78 is 7.25. The van der Waals surface area contributed by atoms with Crippen molar-refractivity contribution in [2.24, 2.45) is 0 Å². The van der Waals surface area contributed by atoms with Crippen LogP contribution < -0.4 is 11.0 Å². The number of nitrogens with one attached hydrogen (secondary N) is 1. The van der Waals surface area contributed by atoms with Gasteiger partial charge in [-0.3, -0.25) is 14.2 Å². The van der Waals surface area contributed by atoms with Crippen LogP contribution in [0, 0.1) is 13.8 Å². The van der Waals surface area contributed by atoms with Gasteiger partial charge in [0.1, 0.15) is 19.3 Å². The van der Waals surface area contributed by atoms with E-state index in [0.29, 0.717) is 30.9 Å². The highest BCUT2D eigenvalue weighted by atomic mass is 16.5. The number of aryl methyl sites for hydroxylation is 2. The zero-order chi connectivity index (χ0) is 20.6. The molecule has 2 aromatic rings. The third-order valence-corrected chi connectivity index (χ3v) is 5.77. The molecule has 2 fully saturated rings. The summed E-state index contributed by atoms with van der Waals surface area (Å²) in [7, 11) is 0. The van der Waals surface area contributed by atoms with E-state index in [-0.39, 0.29) is 31.1 Å².